The van der Waals surface area contributed by atoms with Crippen molar-refractivity contribution in [2.24, 2.45) is 0 Å². The van der Waals surface area contributed by atoms with E-state index < -0.39 is 11.7 Å². The van der Waals surface area contributed by atoms with E-state index in [1.54, 1.807) is 37.4 Å². The van der Waals surface area contributed by atoms with Crippen molar-refractivity contribution >= 4 is 29.0 Å². The predicted molar refractivity (Wildman–Crippen MR) is 83.0 cm³/mol. The third-order valence-corrected chi connectivity index (χ3v) is 4.16. The van der Waals surface area contributed by atoms with Gasteiger partial charge in [0.15, 0.2) is 5.78 Å². The number of nitrogens with zero attached hydrogens (tertiary/aromatic N) is 1. The molecule has 5 heteroatoms. The first-order valence-corrected chi connectivity index (χ1v) is 7.21. The Morgan fingerprint density at radius 2 is 1.91 bits per heavy atom. The Morgan fingerprint density at radius 3 is 2.59 bits per heavy atom. The molecule has 0 aromatic heterocycles. The van der Waals surface area contributed by atoms with E-state index in [2.05, 4.69) is 0 Å². The van der Waals surface area contributed by atoms with E-state index in [1.807, 2.05) is 0 Å². The molecule has 0 fully saturated rings. The molecule has 0 N–H and O–H groups in total. The van der Waals surface area contributed by atoms with E-state index in [4.69, 9.17) is 11.6 Å². The van der Waals surface area contributed by atoms with E-state index >= 15 is 0 Å². The summed E-state index contributed by atoms with van der Waals surface area (Å²) in [4.78, 5) is 26.1. The number of amides is 1. The number of likely N-dealkylation sites (N-methyl/N-ethyl adjacent to an activating group) is 1. The fraction of sp³-hybridized carbons (Fsp3) is 0.176. The lowest BCUT2D eigenvalue weighted by Crippen LogP contribution is -2.25. The first kappa shape index (κ1) is 14.7. The number of Topliss-reactive ketones (excluding diaryl/α,β-unsaturated/α-hetero) is 1. The molecule has 1 aliphatic rings. The lowest BCUT2D eigenvalue weighted by molar-refractivity contribution is -0.119. The average Bonchev–Trinajstić information content (AvgIpc) is 2.72. The molecule has 1 aliphatic heterocycles. The zero-order valence-corrected chi connectivity index (χ0v) is 12.6. The number of hydrogen-bond acceptors (Lipinski definition) is 2. The topological polar surface area (TPSA) is 37.4 Å². The fourth-order valence-electron chi connectivity index (χ4n) is 2.73. The maximum Gasteiger partial charge on any atom is 0.234 e. The number of fused-ring (bicyclic) bond motifs is 1. The van der Waals surface area contributed by atoms with Gasteiger partial charge in [0.05, 0.1) is 5.92 Å². The largest absolute Gasteiger partial charge is 0.315 e. The Morgan fingerprint density at radius 1 is 1.23 bits per heavy atom. The van der Waals surface area contributed by atoms with Gasteiger partial charge in [-0.05, 0) is 48.0 Å². The van der Waals surface area contributed by atoms with Crippen LogP contribution in [0.5, 0.6) is 0 Å². The van der Waals surface area contributed by atoms with Crippen LogP contribution in [0.2, 0.25) is 5.02 Å². The number of carbonyl (C=O) groups is 2. The summed E-state index contributed by atoms with van der Waals surface area (Å²) in [6.07, 6.45) is 0.0151. The van der Waals surface area contributed by atoms with Gasteiger partial charge in [-0.15, -0.1) is 0 Å². The van der Waals surface area contributed by atoms with Crippen LogP contribution in [0.25, 0.3) is 0 Å². The monoisotopic (exact) mass is 317 g/mol. The van der Waals surface area contributed by atoms with Crippen molar-refractivity contribution in [2.75, 3.05) is 11.9 Å². The molecule has 1 unspecified atom stereocenters. The lowest BCUT2D eigenvalue weighted by atomic mass is 9.92. The van der Waals surface area contributed by atoms with E-state index in [0.29, 0.717) is 21.8 Å². The fourth-order valence-corrected chi connectivity index (χ4v) is 2.86. The van der Waals surface area contributed by atoms with Crippen molar-refractivity contribution < 1.29 is 14.0 Å². The number of rotatable bonds is 3. The van der Waals surface area contributed by atoms with E-state index in [9.17, 15) is 14.0 Å². The van der Waals surface area contributed by atoms with Gasteiger partial charge < -0.3 is 4.90 Å². The molecule has 1 amide bonds. The molecule has 3 nitrogen and oxygen atoms in total. The Kier molecular flexibility index (Phi) is 3.71. The molecule has 3 rings (SSSR count). The highest BCUT2D eigenvalue weighted by atomic mass is 35.5. The summed E-state index contributed by atoms with van der Waals surface area (Å²) < 4.78 is 13.5. The molecule has 0 saturated carbocycles. The third-order valence-electron chi connectivity index (χ3n) is 3.91. The Hall–Kier alpha value is -2.20. The number of hydrogen-bond donors (Lipinski definition) is 0. The highest BCUT2D eigenvalue weighted by molar-refractivity contribution is 6.30. The summed E-state index contributed by atoms with van der Waals surface area (Å²) in [5.41, 5.74) is 1.71. The Balaban J connectivity index is 1.89. The minimum absolute atomic E-state index is 0.0151. The van der Waals surface area contributed by atoms with Gasteiger partial charge in [-0.1, -0.05) is 11.6 Å². The molecule has 2 aromatic carbocycles. The van der Waals surface area contributed by atoms with E-state index in [1.165, 1.54) is 17.0 Å². The minimum Gasteiger partial charge on any atom is -0.315 e. The Labute approximate surface area is 132 Å². The van der Waals surface area contributed by atoms with Crippen LogP contribution in [0, 0.1) is 5.82 Å². The molecule has 0 spiro atoms. The number of halogens is 2. The molecule has 2 aromatic rings. The number of benzene rings is 2. The second-order valence-electron chi connectivity index (χ2n) is 5.29. The molecule has 112 valence electrons. The molecule has 0 bridgehead atoms. The summed E-state index contributed by atoms with van der Waals surface area (Å²) in [5, 5.41) is 0.542. The second kappa shape index (κ2) is 5.54. The van der Waals surface area contributed by atoms with Crippen LogP contribution in [0.1, 0.15) is 28.3 Å². The maximum absolute atomic E-state index is 13.5. The molecular weight excluding hydrogens is 305 g/mol. The van der Waals surface area contributed by atoms with Crippen molar-refractivity contribution in [3.63, 3.8) is 0 Å². The van der Waals surface area contributed by atoms with Gasteiger partial charge in [-0.3, -0.25) is 9.59 Å². The summed E-state index contributed by atoms with van der Waals surface area (Å²) in [7, 11) is 1.63. The molecule has 0 aliphatic carbocycles. The molecule has 1 heterocycles. The predicted octanol–water partition coefficient (Wildman–Crippen LogP) is 3.81. The van der Waals surface area contributed by atoms with Gasteiger partial charge >= 0.3 is 0 Å². The van der Waals surface area contributed by atoms with Crippen molar-refractivity contribution in [2.45, 2.75) is 12.3 Å². The van der Waals surface area contributed by atoms with Gasteiger partial charge in [0.2, 0.25) is 5.91 Å². The van der Waals surface area contributed by atoms with Gasteiger partial charge in [0.1, 0.15) is 5.82 Å². The number of ketones is 1. The third kappa shape index (κ3) is 2.50. The van der Waals surface area contributed by atoms with E-state index in [-0.39, 0.29) is 18.1 Å². The zero-order chi connectivity index (χ0) is 15.9. The smallest absolute Gasteiger partial charge is 0.234 e. The number of anilines is 1. The van der Waals surface area contributed by atoms with Crippen molar-refractivity contribution in [3.05, 3.63) is 64.4 Å². The SMILES string of the molecule is CN1C(=O)C(CC(=O)c2ccc(Cl)cc2)c2cc(F)ccc21. The number of carbonyl (C=O) groups excluding carboxylic acids is 2. The molecule has 0 radical (unpaired) electrons. The van der Waals surface area contributed by atoms with Gasteiger partial charge in [-0.2, -0.15) is 0 Å². The second-order valence-corrected chi connectivity index (χ2v) is 5.72. The zero-order valence-electron chi connectivity index (χ0n) is 11.8. The van der Waals surface area contributed by atoms with Crippen LogP contribution in [0.15, 0.2) is 42.5 Å². The van der Waals surface area contributed by atoms with Crippen molar-refractivity contribution in [3.8, 4) is 0 Å². The first-order valence-electron chi connectivity index (χ1n) is 6.83. The highest BCUT2D eigenvalue weighted by Crippen LogP contribution is 2.39. The Bertz CT molecular complexity index is 758. The molecule has 1 atom stereocenters. The summed E-state index contributed by atoms with van der Waals surface area (Å²) >= 11 is 5.80. The van der Waals surface area contributed by atoms with E-state index in [0.717, 1.165) is 0 Å². The quantitative estimate of drug-likeness (QED) is 0.807. The van der Waals surface area contributed by atoms with Crippen molar-refractivity contribution in [1.82, 2.24) is 0 Å². The molecule has 0 saturated heterocycles. The van der Waals surface area contributed by atoms with Gasteiger partial charge in [0, 0.05) is 29.7 Å². The highest BCUT2D eigenvalue weighted by Gasteiger charge is 2.36. The average molecular weight is 318 g/mol. The van der Waals surface area contributed by atoms with Crippen molar-refractivity contribution in [1.29, 1.82) is 0 Å². The van der Waals surface area contributed by atoms with Gasteiger partial charge in [0.25, 0.3) is 0 Å². The van der Waals surface area contributed by atoms with Gasteiger partial charge in [-0.25, -0.2) is 4.39 Å². The van der Waals surface area contributed by atoms with Crippen LogP contribution >= 0.6 is 11.6 Å². The maximum atomic E-state index is 13.5. The van der Waals surface area contributed by atoms with Crippen LogP contribution in [0.4, 0.5) is 10.1 Å². The first-order chi connectivity index (χ1) is 10.5. The summed E-state index contributed by atoms with van der Waals surface area (Å²) in [5.74, 6) is -1.41. The lowest BCUT2D eigenvalue weighted by Gasteiger charge is -2.10. The molecule has 22 heavy (non-hydrogen) atoms. The van der Waals surface area contributed by atoms with Crippen LogP contribution in [0.3, 0.4) is 0 Å². The van der Waals surface area contributed by atoms with Crippen LogP contribution < -0.4 is 4.90 Å². The van der Waals surface area contributed by atoms with Crippen LogP contribution in [-0.2, 0) is 4.79 Å². The minimum atomic E-state index is -0.640. The normalized spacial score (nSPS) is 16.8. The molecular formula is C17H13ClFNO2. The van der Waals surface area contributed by atoms with Crippen LogP contribution in [-0.4, -0.2) is 18.7 Å². The summed E-state index contributed by atoms with van der Waals surface area (Å²) in [6.45, 7) is 0. The summed E-state index contributed by atoms with van der Waals surface area (Å²) in [6, 6.07) is 10.7. The standard InChI is InChI=1S/C17H13ClFNO2/c1-20-15-7-6-12(19)8-13(15)14(17(20)22)9-16(21)10-2-4-11(18)5-3-10/h2-8,14H,9H2,1H3.